The lowest BCUT2D eigenvalue weighted by molar-refractivity contribution is -0.129. The zero-order valence-electron chi connectivity index (χ0n) is 25.3. The molecule has 0 spiro atoms. The summed E-state index contributed by atoms with van der Waals surface area (Å²) in [4.78, 5) is 39.4. The van der Waals surface area contributed by atoms with Crippen molar-refractivity contribution in [2.24, 2.45) is 0 Å². The summed E-state index contributed by atoms with van der Waals surface area (Å²) in [5.41, 5.74) is 5.30. The lowest BCUT2D eigenvalue weighted by Crippen LogP contribution is -2.60. The molecule has 2 aromatic heterocycles. The number of hydrogen-bond acceptors (Lipinski definition) is 7. The van der Waals surface area contributed by atoms with Crippen molar-refractivity contribution in [3.8, 4) is 22.6 Å². The predicted octanol–water partition coefficient (Wildman–Crippen LogP) is 6.68. The Hall–Kier alpha value is -3.93. The van der Waals surface area contributed by atoms with E-state index in [-0.39, 0.29) is 75.8 Å². The Balaban J connectivity index is 1.79. The summed E-state index contributed by atoms with van der Waals surface area (Å²) < 4.78 is 40.7. The predicted molar refractivity (Wildman–Crippen MR) is 177 cm³/mol. The van der Waals surface area contributed by atoms with Gasteiger partial charge in [-0.15, -0.1) is 0 Å². The van der Waals surface area contributed by atoms with Crippen molar-refractivity contribution in [3.05, 3.63) is 79.4 Å². The third kappa shape index (κ3) is 4.78. The average Bonchev–Trinajstić information content (AvgIpc) is 3.16. The quantitative estimate of drug-likeness (QED) is 0.145. The lowest BCUT2D eigenvalue weighted by Gasteiger charge is -2.44. The van der Waals surface area contributed by atoms with Crippen LogP contribution in [0.25, 0.3) is 27.7 Å². The van der Waals surface area contributed by atoms with Gasteiger partial charge in [-0.05, 0) is 43.5 Å². The van der Waals surface area contributed by atoms with Crippen LogP contribution in [0.4, 0.5) is 20.3 Å². The van der Waals surface area contributed by atoms with Crippen LogP contribution in [0.5, 0.6) is 5.75 Å². The van der Waals surface area contributed by atoms with Crippen LogP contribution in [0.1, 0.15) is 37.9 Å². The van der Waals surface area contributed by atoms with E-state index in [2.05, 4.69) is 16.5 Å². The first-order valence-corrected chi connectivity index (χ1v) is 15.6. The highest BCUT2D eigenvalue weighted by atomic mass is 35.5. The fourth-order valence-electron chi connectivity index (χ4n) is 6.32. The number of benzene rings is 2. The molecule has 2 aliphatic heterocycles. The van der Waals surface area contributed by atoms with Crippen LogP contribution >= 0.6 is 34.8 Å². The molecule has 9 nitrogen and oxygen atoms in total. The van der Waals surface area contributed by atoms with Crippen molar-refractivity contribution in [2.45, 2.75) is 45.7 Å². The first-order valence-electron chi connectivity index (χ1n) is 14.5. The van der Waals surface area contributed by atoms with Crippen molar-refractivity contribution in [2.75, 3.05) is 30.3 Å². The van der Waals surface area contributed by atoms with Crippen LogP contribution in [0.3, 0.4) is 0 Å². The van der Waals surface area contributed by atoms with Crippen LogP contribution < -0.4 is 21.1 Å². The molecular weight excluding hydrogens is 661 g/mol. The third-order valence-electron chi connectivity index (χ3n) is 8.53. The molecule has 1 fully saturated rings. The fourth-order valence-corrected chi connectivity index (χ4v) is 7.11. The molecule has 2 aliphatic rings. The number of aromatic nitrogens is 3. The summed E-state index contributed by atoms with van der Waals surface area (Å²) in [5, 5.41) is -0.761. The second-order valence-corrected chi connectivity index (χ2v) is 12.9. The lowest BCUT2D eigenvalue weighted by atomic mass is 9.98. The molecule has 4 aromatic rings. The SMILES string of the molecule is C=CC(=O)N1CC2COc3c(Cl)c(-c4c(N)c(Cl)cc(Cl)c4F)c(F)c4c3c(nc(=O)n4-c3c(C)ccnc3C(C)C)N2CC1C. The molecule has 2 aromatic carbocycles. The van der Waals surface area contributed by atoms with Gasteiger partial charge in [0.15, 0.2) is 17.4 Å². The van der Waals surface area contributed by atoms with E-state index in [4.69, 9.17) is 45.3 Å². The first-order chi connectivity index (χ1) is 21.8. The van der Waals surface area contributed by atoms with Gasteiger partial charge in [-0.2, -0.15) is 4.98 Å². The van der Waals surface area contributed by atoms with E-state index in [9.17, 15) is 9.59 Å². The Kier molecular flexibility index (Phi) is 8.15. The van der Waals surface area contributed by atoms with Gasteiger partial charge >= 0.3 is 5.69 Å². The summed E-state index contributed by atoms with van der Waals surface area (Å²) >= 11 is 19.4. The third-order valence-corrected chi connectivity index (χ3v) is 9.47. The van der Waals surface area contributed by atoms with Gasteiger partial charge in [0.25, 0.3) is 0 Å². The number of halogens is 5. The molecule has 4 heterocycles. The fraction of sp³-hybridized carbons (Fsp3) is 0.312. The monoisotopic (exact) mass is 688 g/mol. The van der Waals surface area contributed by atoms with E-state index in [1.807, 2.05) is 25.7 Å². The molecule has 2 unspecified atom stereocenters. The summed E-state index contributed by atoms with van der Waals surface area (Å²) in [6.07, 6.45) is 2.83. The van der Waals surface area contributed by atoms with Crippen LogP contribution in [0, 0.1) is 18.6 Å². The molecule has 0 bridgehead atoms. The van der Waals surface area contributed by atoms with Gasteiger partial charge < -0.3 is 20.3 Å². The van der Waals surface area contributed by atoms with Gasteiger partial charge in [0.2, 0.25) is 5.91 Å². The van der Waals surface area contributed by atoms with E-state index < -0.39 is 39.5 Å². The van der Waals surface area contributed by atoms with Gasteiger partial charge in [0.05, 0.1) is 43.6 Å². The van der Waals surface area contributed by atoms with E-state index in [1.54, 1.807) is 24.1 Å². The molecular formula is C32H29Cl3F2N6O3. The van der Waals surface area contributed by atoms with Gasteiger partial charge in [-0.25, -0.2) is 13.6 Å². The molecule has 14 heteroatoms. The second kappa shape index (κ2) is 11.7. The topological polar surface area (TPSA) is 107 Å². The normalized spacial score (nSPS) is 17.6. The van der Waals surface area contributed by atoms with Gasteiger partial charge in [-0.3, -0.25) is 14.3 Å². The van der Waals surface area contributed by atoms with Crippen molar-refractivity contribution in [3.63, 3.8) is 0 Å². The van der Waals surface area contributed by atoms with Crippen LogP contribution in [-0.4, -0.2) is 57.1 Å². The number of aryl methyl sites for hydroxylation is 1. The summed E-state index contributed by atoms with van der Waals surface area (Å²) in [6, 6.07) is 1.98. The van der Waals surface area contributed by atoms with Crippen LogP contribution in [0.15, 0.2) is 35.8 Å². The minimum Gasteiger partial charge on any atom is -0.489 e. The number of carbonyl (C=O) groups is 1. The number of nitrogens with two attached hydrogens (primary N) is 1. The maximum absolute atomic E-state index is 17.5. The standard InChI is InChI=1S/C32H29Cl3F2N6O3/c1-6-19(44)41-11-16-12-46-30-22-29(25(37)20(23(30)35)21-24(36)17(33)9-18(34)26(21)38)43(28-14(4)7-8-39-27(28)13(2)3)32(45)40-31(22)42(16)10-15(41)5/h6-9,13,15-16H,1,10-12,38H2,2-5H3. The number of anilines is 2. The molecule has 2 atom stereocenters. The van der Waals surface area contributed by atoms with Gasteiger partial charge in [-0.1, -0.05) is 55.2 Å². The number of pyridine rings is 1. The highest BCUT2D eigenvalue weighted by Gasteiger charge is 2.41. The number of ether oxygens (including phenoxy) is 1. The molecule has 2 N–H and O–H groups in total. The largest absolute Gasteiger partial charge is 0.489 e. The molecule has 1 amide bonds. The van der Waals surface area contributed by atoms with Crippen molar-refractivity contribution in [1.82, 2.24) is 19.4 Å². The Morgan fingerprint density at radius 3 is 2.57 bits per heavy atom. The summed E-state index contributed by atoms with van der Waals surface area (Å²) in [7, 11) is 0. The van der Waals surface area contributed by atoms with Crippen molar-refractivity contribution in [1.29, 1.82) is 0 Å². The number of nitrogen functional groups attached to an aromatic ring is 1. The molecule has 0 aliphatic carbocycles. The average molecular weight is 690 g/mol. The Morgan fingerprint density at radius 2 is 1.89 bits per heavy atom. The molecule has 240 valence electrons. The van der Waals surface area contributed by atoms with Crippen molar-refractivity contribution >= 4 is 63.1 Å². The minimum absolute atomic E-state index is 0.0322. The molecule has 6 rings (SSSR count). The highest BCUT2D eigenvalue weighted by molar-refractivity contribution is 6.39. The van der Waals surface area contributed by atoms with E-state index in [0.717, 1.165) is 10.6 Å². The van der Waals surface area contributed by atoms with Crippen molar-refractivity contribution < 1.29 is 18.3 Å². The first kappa shape index (κ1) is 32.0. The Bertz CT molecular complexity index is 2010. The van der Waals surface area contributed by atoms with Gasteiger partial charge in [0, 0.05) is 36.5 Å². The van der Waals surface area contributed by atoms with Crippen LogP contribution in [0.2, 0.25) is 15.1 Å². The zero-order valence-corrected chi connectivity index (χ0v) is 27.6. The maximum atomic E-state index is 17.5. The smallest absolute Gasteiger partial charge is 0.354 e. The maximum Gasteiger partial charge on any atom is 0.354 e. The minimum atomic E-state index is -1.07. The molecule has 0 radical (unpaired) electrons. The number of carbonyl (C=O) groups excluding carboxylic acids is 1. The molecule has 1 saturated heterocycles. The second-order valence-electron chi connectivity index (χ2n) is 11.7. The number of hydrogen-bond donors (Lipinski definition) is 1. The van der Waals surface area contributed by atoms with E-state index in [0.29, 0.717) is 16.9 Å². The Labute approximate surface area is 278 Å². The number of piperazine rings is 1. The summed E-state index contributed by atoms with van der Waals surface area (Å²) in [5.74, 6) is -2.51. The Morgan fingerprint density at radius 1 is 1.17 bits per heavy atom. The number of amides is 1. The van der Waals surface area contributed by atoms with Gasteiger partial charge in [0.1, 0.15) is 17.9 Å². The number of fused-ring (bicyclic) bond motifs is 2. The van der Waals surface area contributed by atoms with Crippen LogP contribution in [-0.2, 0) is 4.79 Å². The highest BCUT2D eigenvalue weighted by Crippen LogP contribution is 2.51. The molecule has 0 saturated carbocycles. The number of rotatable bonds is 4. The zero-order chi connectivity index (χ0) is 33.4. The summed E-state index contributed by atoms with van der Waals surface area (Å²) in [6.45, 7) is 11.4. The molecule has 46 heavy (non-hydrogen) atoms. The van der Waals surface area contributed by atoms with E-state index in [1.165, 1.54) is 6.08 Å². The van der Waals surface area contributed by atoms with E-state index >= 15 is 8.78 Å². The number of nitrogens with zero attached hydrogens (tertiary/aromatic N) is 5.